The minimum Gasteiger partial charge on any atom is -0.497 e. The molecule has 6 nitrogen and oxygen atoms in total. The first kappa shape index (κ1) is 74.6. The predicted octanol–water partition coefficient (Wildman–Crippen LogP) is 19.4. The molecular formula is C60H82Cl6O6. The fraction of sp³-hybridized carbons (Fsp3) is 0.350. The van der Waals surface area contributed by atoms with Crippen LogP contribution in [0.2, 0.25) is 30.1 Å². The topological polar surface area (TPSA) is 74.2 Å². The summed E-state index contributed by atoms with van der Waals surface area (Å²) >= 11 is 34.1. The number of hydrogen-bond acceptors (Lipinski definition) is 6. The summed E-state index contributed by atoms with van der Waals surface area (Å²) in [4.78, 5) is 10.5. The third-order valence-corrected chi connectivity index (χ3v) is 10.5. The van der Waals surface area contributed by atoms with Crippen LogP contribution in [0, 0.1) is 19.3 Å². The van der Waals surface area contributed by atoms with Gasteiger partial charge in [-0.05, 0) is 138 Å². The molecule has 0 saturated heterocycles. The molecule has 0 spiro atoms. The van der Waals surface area contributed by atoms with Crippen LogP contribution >= 0.6 is 69.6 Å². The van der Waals surface area contributed by atoms with Crippen LogP contribution in [0.1, 0.15) is 84.6 Å². The minimum absolute atomic E-state index is 0.139. The summed E-state index contributed by atoms with van der Waals surface area (Å²) in [5, 5.41) is 11.8. The van der Waals surface area contributed by atoms with Gasteiger partial charge in [0.25, 0.3) is 0 Å². The van der Waals surface area contributed by atoms with E-state index in [-0.39, 0.29) is 17.8 Å². The standard InChI is InChI=1S/C13H12O.C8H8Cl2.C8H6Cl2.2C7H7Cl.C6H12O.3C3H8O.C2H6O/c1-14-13-9-7-12(8-10-13)11-5-3-2-4-6-11;1-2-6-3-4-7(9)5-8(6)10;1-2-6-3-4-7(9)8(10)5-6;2*1-6-2-4-7(8)5-3-6;1-5(7)6(2,3)4;3*1-3-4-2;1-2-3/h2-10H,1H3;3-5H,2H2,1H3;2-5H,1H2;2*2-5H,1H3;1-4H3;3*3H2,1-2H3;3H,2H2,1H3. The van der Waals surface area contributed by atoms with Gasteiger partial charge in [-0.1, -0.05) is 200 Å². The van der Waals surface area contributed by atoms with E-state index in [9.17, 15) is 4.79 Å². The van der Waals surface area contributed by atoms with Crippen molar-refractivity contribution in [3.63, 3.8) is 0 Å². The molecule has 1 N–H and O–H groups in total. The molecule has 0 radical (unpaired) electrons. The molecule has 0 aromatic heterocycles. The third-order valence-electron chi connectivity index (χ3n) is 8.72. The number of carbonyl (C=O) groups excluding carboxylic acids is 1. The van der Waals surface area contributed by atoms with Gasteiger partial charge in [-0.3, -0.25) is 4.79 Å². The van der Waals surface area contributed by atoms with Crippen molar-refractivity contribution in [2.24, 2.45) is 5.41 Å². The van der Waals surface area contributed by atoms with Gasteiger partial charge in [-0.2, -0.15) is 0 Å². The highest BCUT2D eigenvalue weighted by Gasteiger charge is 2.14. The number of hydrogen-bond donors (Lipinski definition) is 1. The Morgan fingerprint density at radius 1 is 0.542 bits per heavy atom. The SMILES string of the molecule is C=Cc1ccc(Cl)c(Cl)c1.CC(=O)C(C)(C)C.CCO.CCOC.CCOC.CCOC.CCc1ccc(Cl)cc1Cl.COc1ccc(-c2ccccc2)cc1.Cc1ccc(Cl)cc1.Cc1ccc(Cl)cc1. The molecule has 6 aromatic carbocycles. The Balaban J connectivity index is -0.000000369. The Kier molecular flexibility index (Phi) is 51.1. The first-order valence-corrected chi connectivity index (χ1v) is 25.6. The Hall–Kier alpha value is -3.89. The molecule has 0 atom stereocenters. The molecule has 0 bridgehead atoms. The maximum Gasteiger partial charge on any atom is 0.135 e. The summed E-state index contributed by atoms with van der Waals surface area (Å²) in [6, 6.07) is 44.8. The average Bonchev–Trinajstić information content (AvgIpc) is 3.38. The number of aliphatic hydroxyl groups excluding tert-OH is 1. The van der Waals surface area contributed by atoms with Gasteiger partial charge in [-0.15, -0.1) is 0 Å². The first-order valence-electron chi connectivity index (χ1n) is 23.3. The molecule has 72 heavy (non-hydrogen) atoms. The summed E-state index contributed by atoms with van der Waals surface area (Å²) in [7, 11) is 6.72. The highest BCUT2D eigenvalue weighted by molar-refractivity contribution is 6.42. The summed E-state index contributed by atoms with van der Waals surface area (Å²) in [6.07, 6.45) is 2.68. The van der Waals surface area contributed by atoms with Crippen LogP contribution in [0.15, 0.2) is 146 Å². The summed E-state index contributed by atoms with van der Waals surface area (Å²) in [5.74, 6) is 1.14. The number of halogens is 6. The minimum atomic E-state index is -0.139. The van der Waals surface area contributed by atoms with Gasteiger partial charge in [0.05, 0.1) is 17.2 Å². The molecule has 0 amide bonds. The first-order chi connectivity index (χ1) is 34.0. The average molecular weight is 1110 g/mol. The van der Waals surface area contributed by atoms with Crippen LogP contribution in [0.5, 0.6) is 5.75 Å². The van der Waals surface area contributed by atoms with E-state index in [0.29, 0.717) is 15.1 Å². The van der Waals surface area contributed by atoms with Crippen molar-refractivity contribution in [3.05, 3.63) is 198 Å². The Labute approximate surface area is 465 Å². The fourth-order valence-corrected chi connectivity index (χ4v) is 5.03. The third kappa shape index (κ3) is 44.8. The second-order valence-electron chi connectivity index (χ2n) is 15.5. The number of ketones is 1. The molecule has 0 aliphatic carbocycles. The van der Waals surface area contributed by atoms with Crippen LogP contribution in [0.4, 0.5) is 0 Å². The lowest BCUT2D eigenvalue weighted by Crippen LogP contribution is -2.15. The maximum atomic E-state index is 10.5. The lowest BCUT2D eigenvalue weighted by atomic mass is 9.92. The molecule has 12 heteroatoms. The molecule has 6 rings (SSSR count). The monoisotopic (exact) mass is 1110 g/mol. The molecular weight excluding hydrogens is 1030 g/mol. The van der Waals surface area contributed by atoms with E-state index >= 15 is 0 Å². The quantitative estimate of drug-likeness (QED) is 0.172. The zero-order valence-corrected chi connectivity index (χ0v) is 49.9. The van der Waals surface area contributed by atoms with Crippen LogP contribution in [0.3, 0.4) is 0 Å². The Morgan fingerprint density at radius 3 is 1.21 bits per heavy atom. The van der Waals surface area contributed by atoms with Crippen molar-refractivity contribution >= 4 is 81.5 Å². The number of aliphatic hydroxyl groups is 1. The van der Waals surface area contributed by atoms with Gasteiger partial charge in [0.15, 0.2) is 0 Å². The lowest BCUT2D eigenvalue weighted by Gasteiger charge is -2.11. The zero-order chi connectivity index (χ0) is 55.9. The highest BCUT2D eigenvalue weighted by atomic mass is 35.5. The van der Waals surface area contributed by atoms with Gasteiger partial charge in [-0.25, -0.2) is 0 Å². The van der Waals surface area contributed by atoms with Gasteiger partial charge >= 0.3 is 0 Å². The number of carbonyl (C=O) groups is 1. The van der Waals surface area contributed by atoms with E-state index in [0.717, 1.165) is 58.2 Å². The largest absolute Gasteiger partial charge is 0.497 e. The number of ether oxygens (including phenoxy) is 4. The van der Waals surface area contributed by atoms with Gasteiger partial charge < -0.3 is 24.1 Å². The smallest absolute Gasteiger partial charge is 0.135 e. The lowest BCUT2D eigenvalue weighted by molar-refractivity contribution is -0.124. The van der Waals surface area contributed by atoms with E-state index in [2.05, 4.69) is 52.0 Å². The second-order valence-corrected chi connectivity index (χ2v) is 18.0. The molecule has 6 aromatic rings. The molecule has 400 valence electrons. The highest BCUT2D eigenvalue weighted by Crippen LogP contribution is 2.24. The second kappa shape index (κ2) is 49.3. The summed E-state index contributed by atoms with van der Waals surface area (Å²) < 4.78 is 18.7. The van der Waals surface area contributed by atoms with E-state index in [1.165, 1.54) is 22.3 Å². The Bertz CT molecular complexity index is 2080. The zero-order valence-electron chi connectivity index (χ0n) is 45.4. The Morgan fingerprint density at radius 2 is 0.917 bits per heavy atom. The maximum absolute atomic E-state index is 10.5. The van der Waals surface area contributed by atoms with Crippen molar-refractivity contribution in [1.82, 2.24) is 0 Å². The molecule has 0 aliphatic heterocycles. The molecule has 0 aliphatic rings. The van der Waals surface area contributed by atoms with Crippen molar-refractivity contribution < 1.29 is 28.8 Å². The number of methoxy groups -OCH3 is 4. The van der Waals surface area contributed by atoms with E-state index in [1.54, 1.807) is 66.6 Å². The summed E-state index contributed by atoms with van der Waals surface area (Å²) in [6.45, 7) is 27.4. The number of Topliss-reactive ketones (excluding diaryl/α,β-unsaturated/α-hetero) is 1. The molecule has 0 unspecified atom stereocenters. The summed E-state index contributed by atoms with van der Waals surface area (Å²) in [5.41, 5.74) is 6.92. The number of rotatable bonds is 7. The molecule has 0 fully saturated rings. The fourth-order valence-electron chi connectivity index (χ4n) is 3.93. The van der Waals surface area contributed by atoms with Crippen molar-refractivity contribution in [2.45, 2.75) is 82.6 Å². The van der Waals surface area contributed by atoms with Crippen molar-refractivity contribution in [1.29, 1.82) is 0 Å². The van der Waals surface area contributed by atoms with Gasteiger partial charge in [0.2, 0.25) is 0 Å². The normalized spacial score (nSPS) is 9.25. The molecule has 0 heterocycles. The van der Waals surface area contributed by atoms with Crippen LogP contribution in [0.25, 0.3) is 17.2 Å². The van der Waals surface area contributed by atoms with Crippen LogP contribution in [-0.4, -0.2) is 65.8 Å². The molecule has 0 saturated carbocycles. The van der Waals surface area contributed by atoms with E-state index < -0.39 is 0 Å². The predicted molar refractivity (Wildman–Crippen MR) is 319 cm³/mol. The number of benzene rings is 6. The van der Waals surface area contributed by atoms with E-state index in [4.69, 9.17) is 79.4 Å². The van der Waals surface area contributed by atoms with Gasteiger partial charge in [0.1, 0.15) is 11.5 Å². The van der Waals surface area contributed by atoms with Crippen LogP contribution in [-0.2, 0) is 25.4 Å². The van der Waals surface area contributed by atoms with Crippen molar-refractivity contribution in [2.75, 3.05) is 54.9 Å². The van der Waals surface area contributed by atoms with Crippen LogP contribution < -0.4 is 4.74 Å². The van der Waals surface area contributed by atoms with Crippen molar-refractivity contribution in [3.8, 4) is 16.9 Å². The van der Waals surface area contributed by atoms with E-state index in [1.807, 2.05) is 152 Å². The number of aryl methyl sites for hydroxylation is 3. The van der Waals surface area contributed by atoms with Gasteiger partial charge in [0, 0.05) is 73.3 Å².